The highest BCUT2D eigenvalue weighted by atomic mass is 127. The van der Waals surface area contributed by atoms with E-state index in [2.05, 4.69) is 75.2 Å². The number of hydrogen-bond donors (Lipinski definition) is 2. The number of pyridine rings is 1. The standard InChI is InChI=1S/C23H19Br2F3IN5O2/c1-10-5-13(29)6-14(21(35)31-11(2)12-3-4-12)19(10)32-22(36)17-7-18(23(26,27)28)33-34(17)20-15(24)8-30-9-16(20)25/h5-9,11-12H,3-4H2,1-2H3,(H,31,35)(H,32,36). The van der Waals surface area contributed by atoms with Crippen molar-refractivity contribution in [3.05, 3.63) is 65.6 Å². The quantitative estimate of drug-likeness (QED) is 0.283. The number of hydrogen-bond acceptors (Lipinski definition) is 4. The van der Waals surface area contributed by atoms with Gasteiger partial charge in [-0.2, -0.15) is 18.3 Å². The van der Waals surface area contributed by atoms with Crippen LogP contribution in [-0.2, 0) is 6.18 Å². The number of anilines is 1. The van der Waals surface area contributed by atoms with Crippen LogP contribution in [0, 0.1) is 16.4 Å². The summed E-state index contributed by atoms with van der Waals surface area (Å²) in [6, 6.07) is 4.04. The number of benzene rings is 1. The molecule has 36 heavy (non-hydrogen) atoms. The third-order valence-corrected chi connectivity index (χ3v) is 7.53. The van der Waals surface area contributed by atoms with Gasteiger partial charge in [0.15, 0.2) is 5.69 Å². The molecular formula is C23H19Br2F3IN5O2. The first-order valence-corrected chi connectivity index (χ1v) is 13.4. The van der Waals surface area contributed by atoms with Crippen molar-refractivity contribution < 1.29 is 22.8 Å². The minimum Gasteiger partial charge on any atom is -0.349 e. The third kappa shape index (κ3) is 5.77. The first-order chi connectivity index (χ1) is 16.9. The summed E-state index contributed by atoms with van der Waals surface area (Å²) in [5.74, 6) is -0.805. The third-order valence-electron chi connectivity index (χ3n) is 5.74. The molecule has 0 saturated heterocycles. The molecule has 2 aromatic heterocycles. The predicted molar refractivity (Wildman–Crippen MR) is 143 cm³/mol. The van der Waals surface area contributed by atoms with Crippen LogP contribution in [0.25, 0.3) is 5.69 Å². The van der Waals surface area contributed by atoms with E-state index in [0.717, 1.165) is 21.1 Å². The molecule has 0 spiro atoms. The second kappa shape index (κ2) is 10.4. The fourth-order valence-electron chi connectivity index (χ4n) is 3.72. The molecule has 0 bridgehead atoms. The maximum atomic E-state index is 13.6. The van der Waals surface area contributed by atoms with Gasteiger partial charge in [-0.15, -0.1) is 0 Å². The summed E-state index contributed by atoms with van der Waals surface area (Å²) >= 11 is 8.60. The number of aryl methyl sites for hydroxylation is 1. The lowest BCUT2D eigenvalue weighted by Crippen LogP contribution is -2.35. The molecule has 2 amide bonds. The van der Waals surface area contributed by atoms with Gasteiger partial charge in [0.2, 0.25) is 0 Å². The lowest BCUT2D eigenvalue weighted by atomic mass is 10.1. The van der Waals surface area contributed by atoms with Gasteiger partial charge in [0.25, 0.3) is 11.8 Å². The second-order valence-corrected chi connectivity index (χ2v) is 11.4. The van der Waals surface area contributed by atoms with E-state index in [1.807, 2.05) is 6.92 Å². The number of alkyl halides is 3. The van der Waals surface area contributed by atoms with E-state index >= 15 is 0 Å². The Morgan fingerprint density at radius 3 is 2.36 bits per heavy atom. The van der Waals surface area contributed by atoms with Crippen molar-refractivity contribution in [3.63, 3.8) is 0 Å². The molecule has 0 aliphatic heterocycles. The number of aromatic nitrogens is 3. The Bertz CT molecular complexity index is 1340. The van der Waals surface area contributed by atoms with Gasteiger partial charge in [-0.25, -0.2) is 4.68 Å². The molecule has 2 heterocycles. The predicted octanol–water partition coefficient (Wildman–Crippen LogP) is 6.50. The molecule has 0 radical (unpaired) electrons. The van der Waals surface area contributed by atoms with Gasteiger partial charge in [-0.1, -0.05) is 0 Å². The van der Waals surface area contributed by atoms with Crippen LogP contribution in [-0.4, -0.2) is 32.6 Å². The topological polar surface area (TPSA) is 88.9 Å². The van der Waals surface area contributed by atoms with Crippen molar-refractivity contribution >= 4 is 72.0 Å². The van der Waals surface area contributed by atoms with Crippen LogP contribution < -0.4 is 10.6 Å². The van der Waals surface area contributed by atoms with Gasteiger partial charge in [0.1, 0.15) is 5.69 Å². The summed E-state index contributed by atoms with van der Waals surface area (Å²) in [4.78, 5) is 30.5. The van der Waals surface area contributed by atoms with Crippen molar-refractivity contribution in [1.29, 1.82) is 0 Å². The molecule has 4 rings (SSSR count). The number of halogens is 6. The van der Waals surface area contributed by atoms with Crippen molar-refractivity contribution in [1.82, 2.24) is 20.1 Å². The summed E-state index contributed by atoms with van der Waals surface area (Å²) in [5, 5.41) is 9.28. The zero-order valence-corrected chi connectivity index (χ0v) is 24.2. The highest BCUT2D eigenvalue weighted by Crippen LogP contribution is 2.35. The van der Waals surface area contributed by atoms with Crippen LogP contribution in [0.3, 0.4) is 0 Å². The van der Waals surface area contributed by atoms with Crippen LogP contribution >= 0.6 is 54.5 Å². The van der Waals surface area contributed by atoms with Crippen molar-refractivity contribution in [2.45, 2.75) is 38.9 Å². The fourth-order valence-corrected chi connectivity index (χ4v) is 5.77. The Balaban J connectivity index is 1.76. The van der Waals surface area contributed by atoms with E-state index in [9.17, 15) is 22.8 Å². The number of rotatable bonds is 6. The molecule has 3 aromatic rings. The fraction of sp³-hybridized carbons (Fsp3) is 0.304. The number of nitrogens with one attached hydrogen (secondary N) is 2. The molecule has 1 aliphatic carbocycles. The largest absolute Gasteiger partial charge is 0.435 e. The van der Waals surface area contributed by atoms with E-state index in [-0.39, 0.29) is 34.6 Å². The van der Waals surface area contributed by atoms with Crippen LogP contribution in [0.15, 0.2) is 39.5 Å². The average molecular weight is 741 g/mol. The maximum absolute atomic E-state index is 13.6. The van der Waals surface area contributed by atoms with E-state index in [4.69, 9.17) is 0 Å². The number of carbonyl (C=O) groups excluding carboxylic acids is 2. The monoisotopic (exact) mass is 739 g/mol. The summed E-state index contributed by atoms with van der Waals surface area (Å²) in [7, 11) is 0. The average Bonchev–Trinajstić information content (AvgIpc) is 3.53. The lowest BCUT2D eigenvalue weighted by molar-refractivity contribution is -0.141. The normalized spacial score (nSPS) is 14.4. The zero-order valence-electron chi connectivity index (χ0n) is 18.9. The summed E-state index contributed by atoms with van der Waals surface area (Å²) in [6.45, 7) is 3.64. The van der Waals surface area contributed by atoms with E-state index in [0.29, 0.717) is 26.5 Å². The number of amides is 2. The second-order valence-electron chi connectivity index (χ2n) is 8.48. The highest BCUT2D eigenvalue weighted by Gasteiger charge is 2.37. The maximum Gasteiger partial charge on any atom is 0.435 e. The van der Waals surface area contributed by atoms with Crippen molar-refractivity contribution in [2.75, 3.05) is 5.32 Å². The Morgan fingerprint density at radius 1 is 1.14 bits per heavy atom. The van der Waals surface area contributed by atoms with Gasteiger partial charge in [-0.05, 0) is 105 Å². The smallest absolute Gasteiger partial charge is 0.349 e. The molecule has 13 heteroatoms. The first kappa shape index (κ1) is 27.0. The number of carbonyl (C=O) groups is 2. The molecule has 1 fully saturated rings. The van der Waals surface area contributed by atoms with Crippen LogP contribution in [0.5, 0.6) is 0 Å². The Hall–Kier alpha value is -2.00. The molecule has 2 N–H and O–H groups in total. The molecule has 1 aliphatic rings. The SMILES string of the molecule is Cc1cc(I)cc(C(=O)NC(C)C2CC2)c1NC(=O)c1cc(C(F)(F)F)nn1-c1c(Br)cncc1Br. The Labute approximate surface area is 235 Å². The zero-order chi connectivity index (χ0) is 26.4. The molecule has 1 atom stereocenters. The summed E-state index contributed by atoms with van der Waals surface area (Å²) in [6.07, 6.45) is 0.0616. The van der Waals surface area contributed by atoms with Crippen LogP contribution in [0.4, 0.5) is 18.9 Å². The molecule has 1 saturated carbocycles. The molecule has 7 nitrogen and oxygen atoms in total. The minimum absolute atomic E-state index is 0.0311. The minimum atomic E-state index is -4.78. The molecule has 1 aromatic carbocycles. The highest BCUT2D eigenvalue weighted by molar-refractivity contribution is 14.1. The van der Waals surface area contributed by atoms with Crippen molar-refractivity contribution in [3.8, 4) is 5.69 Å². The van der Waals surface area contributed by atoms with Crippen molar-refractivity contribution in [2.24, 2.45) is 5.92 Å². The van der Waals surface area contributed by atoms with E-state index < -0.39 is 17.8 Å². The van der Waals surface area contributed by atoms with Gasteiger partial charge >= 0.3 is 6.18 Å². The van der Waals surface area contributed by atoms with E-state index in [1.54, 1.807) is 19.1 Å². The summed E-state index contributed by atoms with van der Waals surface area (Å²) < 4.78 is 43.0. The Morgan fingerprint density at radius 2 is 1.78 bits per heavy atom. The van der Waals surface area contributed by atoms with Crippen LogP contribution in [0.2, 0.25) is 0 Å². The molecular weight excluding hydrogens is 722 g/mol. The van der Waals surface area contributed by atoms with Crippen LogP contribution in [0.1, 0.15) is 51.9 Å². The Kier molecular flexibility index (Phi) is 7.81. The van der Waals surface area contributed by atoms with Gasteiger partial charge in [-0.3, -0.25) is 14.6 Å². The first-order valence-electron chi connectivity index (χ1n) is 10.8. The summed E-state index contributed by atoms with van der Waals surface area (Å²) in [5.41, 5.74) is -0.401. The van der Waals surface area contributed by atoms with Gasteiger partial charge in [0.05, 0.1) is 25.9 Å². The van der Waals surface area contributed by atoms with Gasteiger partial charge in [0, 0.05) is 28.1 Å². The molecule has 190 valence electrons. The number of nitrogens with zero attached hydrogens (tertiary/aromatic N) is 3. The molecule has 1 unspecified atom stereocenters. The lowest BCUT2D eigenvalue weighted by Gasteiger charge is -2.18. The van der Waals surface area contributed by atoms with Gasteiger partial charge < -0.3 is 10.6 Å². The van der Waals surface area contributed by atoms with E-state index in [1.165, 1.54) is 12.4 Å².